The Morgan fingerprint density at radius 3 is 2.55 bits per heavy atom. The van der Waals surface area contributed by atoms with Gasteiger partial charge in [-0.1, -0.05) is 41.1 Å². The molecule has 0 atom stereocenters. The molecule has 0 radical (unpaired) electrons. The summed E-state index contributed by atoms with van der Waals surface area (Å²) in [5, 5.41) is 13.4. The van der Waals surface area contributed by atoms with Crippen molar-refractivity contribution in [2.45, 2.75) is 26.9 Å². The van der Waals surface area contributed by atoms with E-state index in [9.17, 15) is 4.79 Å². The van der Waals surface area contributed by atoms with Crippen LogP contribution in [-0.4, -0.2) is 42.6 Å². The Morgan fingerprint density at radius 2 is 1.84 bits per heavy atom. The SMILES string of the molecule is Cc1cc(C)n(-c2cccc(CN(C)C(=O)c3cn(Cc4ccc(Cl)cc4)nn3)c2)n1. The monoisotopic (exact) mass is 434 g/mol. The lowest BCUT2D eigenvalue weighted by molar-refractivity contribution is 0.0779. The van der Waals surface area contributed by atoms with Gasteiger partial charge in [0.1, 0.15) is 0 Å². The fourth-order valence-electron chi connectivity index (χ4n) is 3.47. The Kier molecular flexibility index (Phi) is 5.86. The summed E-state index contributed by atoms with van der Waals surface area (Å²) in [4.78, 5) is 14.5. The fraction of sp³-hybridized carbons (Fsp3) is 0.217. The molecule has 0 saturated carbocycles. The van der Waals surface area contributed by atoms with Crippen molar-refractivity contribution in [1.82, 2.24) is 29.7 Å². The Hall–Kier alpha value is -3.45. The highest BCUT2D eigenvalue weighted by atomic mass is 35.5. The van der Waals surface area contributed by atoms with Crippen LogP contribution in [0.3, 0.4) is 0 Å². The van der Waals surface area contributed by atoms with E-state index in [-0.39, 0.29) is 5.91 Å². The first-order valence-electron chi connectivity index (χ1n) is 9.91. The second-order valence-corrected chi connectivity index (χ2v) is 8.03. The van der Waals surface area contributed by atoms with Gasteiger partial charge in [0.2, 0.25) is 0 Å². The van der Waals surface area contributed by atoms with Crippen LogP contribution in [0, 0.1) is 13.8 Å². The van der Waals surface area contributed by atoms with E-state index in [1.54, 1.807) is 22.8 Å². The Morgan fingerprint density at radius 1 is 1.06 bits per heavy atom. The largest absolute Gasteiger partial charge is 0.336 e. The second kappa shape index (κ2) is 8.73. The zero-order valence-corrected chi connectivity index (χ0v) is 18.4. The molecule has 0 saturated heterocycles. The number of aryl methyl sites for hydroxylation is 2. The number of hydrogen-bond donors (Lipinski definition) is 0. The molecule has 4 aromatic rings. The molecule has 158 valence electrons. The third kappa shape index (κ3) is 4.83. The second-order valence-electron chi connectivity index (χ2n) is 7.60. The summed E-state index contributed by atoms with van der Waals surface area (Å²) in [6.07, 6.45) is 1.67. The van der Waals surface area contributed by atoms with E-state index in [2.05, 4.69) is 15.4 Å². The van der Waals surface area contributed by atoms with E-state index < -0.39 is 0 Å². The van der Waals surface area contributed by atoms with Crippen molar-refractivity contribution in [3.05, 3.63) is 94.0 Å². The lowest BCUT2D eigenvalue weighted by Crippen LogP contribution is -2.26. The smallest absolute Gasteiger partial charge is 0.276 e. The molecular weight excluding hydrogens is 412 g/mol. The predicted molar refractivity (Wildman–Crippen MR) is 119 cm³/mol. The van der Waals surface area contributed by atoms with E-state index in [0.717, 1.165) is 28.2 Å². The molecule has 0 aliphatic heterocycles. The van der Waals surface area contributed by atoms with Gasteiger partial charge in [0.25, 0.3) is 5.91 Å². The van der Waals surface area contributed by atoms with E-state index in [1.165, 1.54) is 0 Å². The minimum Gasteiger partial charge on any atom is -0.336 e. The Labute approximate surface area is 185 Å². The van der Waals surface area contributed by atoms with Gasteiger partial charge in [0.15, 0.2) is 5.69 Å². The van der Waals surface area contributed by atoms with Crippen molar-refractivity contribution in [1.29, 1.82) is 0 Å². The van der Waals surface area contributed by atoms with Gasteiger partial charge in [0.05, 0.1) is 24.1 Å². The highest BCUT2D eigenvalue weighted by Crippen LogP contribution is 2.16. The predicted octanol–water partition coefficient (Wildman–Crippen LogP) is 4.05. The van der Waals surface area contributed by atoms with Gasteiger partial charge < -0.3 is 4.90 Å². The number of aromatic nitrogens is 5. The van der Waals surface area contributed by atoms with E-state index in [0.29, 0.717) is 23.8 Å². The summed E-state index contributed by atoms with van der Waals surface area (Å²) in [5.41, 5.74) is 5.36. The molecular formula is C23H23ClN6O. The molecule has 31 heavy (non-hydrogen) atoms. The number of benzene rings is 2. The van der Waals surface area contributed by atoms with Crippen LogP contribution in [0.4, 0.5) is 0 Å². The molecule has 2 aromatic heterocycles. The average molecular weight is 435 g/mol. The average Bonchev–Trinajstić information content (AvgIpc) is 3.35. The first-order chi connectivity index (χ1) is 14.9. The molecule has 0 aliphatic rings. The third-order valence-corrected chi connectivity index (χ3v) is 5.20. The summed E-state index contributed by atoms with van der Waals surface area (Å²) in [5.74, 6) is -0.182. The molecule has 2 heterocycles. The molecule has 0 spiro atoms. The fourth-order valence-corrected chi connectivity index (χ4v) is 3.59. The molecule has 0 bridgehead atoms. The van der Waals surface area contributed by atoms with Gasteiger partial charge in [-0.15, -0.1) is 5.10 Å². The van der Waals surface area contributed by atoms with Gasteiger partial charge in [-0.05, 0) is 55.3 Å². The standard InChI is InChI=1S/C23H23ClN6O/c1-16-11-17(2)30(26-16)21-6-4-5-19(12-21)13-28(3)23(31)22-15-29(27-25-22)14-18-7-9-20(24)10-8-18/h4-12,15H,13-14H2,1-3H3. The molecule has 8 heteroatoms. The maximum atomic E-state index is 12.8. The highest BCUT2D eigenvalue weighted by Gasteiger charge is 2.17. The van der Waals surface area contributed by atoms with Gasteiger partial charge in [-0.2, -0.15) is 5.10 Å². The zero-order valence-electron chi connectivity index (χ0n) is 17.7. The van der Waals surface area contributed by atoms with Crippen LogP contribution in [-0.2, 0) is 13.1 Å². The van der Waals surface area contributed by atoms with E-state index in [1.807, 2.05) is 73.1 Å². The van der Waals surface area contributed by atoms with Gasteiger partial charge >= 0.3 is 0 Å². The lowest BCUT2D eigenvalue weighted by atomic mass is 10.2. The van der Waals surface area contributed by atoms with Crippen LogP contribution in [0.2, 0.25) is 5.02 Å². The summed E-state index contributed by atoms with van der Waals surface area (Å²) in [7, 11) is 1.76. The van der Waals surface area contributed by atoms with Gasteiger partial charge in [0, 0.05) is 24.3 Å². The number of rotatable bonds is 6. The van der Waals surface area contributed by atoms with Crippen molar-refractivity contribution < 1.29 is 4.79 Å². The normalized spacial score (nSPS) is 11.0. The summed E-state index contributed by atoms with van der Waals surface area (Å²) in [6, 6.07) is 17.6. The van der Waals surface area contributed by atoms with Crippen LogP contribution in [0.5, 0.6) is 0 Å². The third-order valence-electron chi connectivity index (χ3n) is 4.95. The van der Waals surface area contributed by atoms with Crippen LogP contribution in [0.25, 0.3) is 5.69 Å². The topological polar surface area (TPSA) is 68.8 Å². The molecule has 2 aromatic carbocycles. The van der Waals surface area contributed by atoms with E-state index >= 15 is 0 Å². The van der Waals surface area contributed by atoms with Crippen molar-refractivity contribution in [2.75, 3.05) is 7.05 Å². The number of halogens is 1. The first-order valence-corrected chi connectivity index (χ1v) is 10.3. The van der Waals surface area contributed by atoms with Crippen LogP contribution in [0.15, 0.2) is 60.8 Å². The Balaban J connectivity index is 1.44. The molecule has 1 amide bonds. The first kappa shape index (κ1) is 20.8. The maximum absolute atomic E-state index is 12.8. The van der Waals surface area contributed by atoms with Crippen LogP contribution in [0.1, 0.15) is 33.0 Å². The number of amides is 1. The van der Waals surface area contributed by atoms with E-state index in [4.69, 9.17) is 11.6 Å². The molecule has 0 unspecified atom stereocenters. The van der Waals surface area contributed by atoms with Crippen LogP contribution < -0.4 is 0 Å². The van der Waals surface area contributed by atoms with Crippen molar-refractivity contribution in [2.24, 2.45) is 0 Å². The van der Waals surface area contributed by atoms with Crippen molar-refractivity contribution in [3.63, 3.8) is 0 Å². The Bertz CT molecular complexity index is 1210. The summed E-state index contributed by atoms with van der Waals surface area (Å²) >= 11 is 5.93. The lowest BCUT2D eigenvalue weighted by Gasteiger charge is -2.16. The number of carbonyl (C=O) groups is 1. The van der Waals surface area contributed by atoms with Crippen molar-refractivity contribution >= 4 is 17.5 Å². The maximum Gasteiger partial charge on any atom is 0.276 e. The quantitative estimate of drug-likeness (QED) is 0.459. The molecule has 7 nitrogen and oxygen atoms in total. The highest BCUT2D eigenvalue weighted by molar-refractivity contribution is 6.30. The number of carbonyl (C=O) groups excluding carboxylic acids is 1. The van der Waals surface area contributed by atoms with Crippen LogP contribution >= 0.6 is 11.6 Å². The minimum absolute atomic E-state index is 0.182. The molecule has 0 aliphatic carbocycles. The number of hydrogen-bond acceptors (Lipinski definition) is 4. The van der Waals surface area contributed by atoms with Gasteiger partial charge in [-0.3, -0.25) is 4.79 Å². The minimum atomic E-state index is -0.182. The van der Waals surface area contributed by atoms with Gasteiger partial charge in [-0.25, -0.2) is 9.36 Å². The molecule has 0 N–H and O–H groups in total. The van der Waals surface area contributed by atoms with Crippen molar-refractivity contribution in [3.8, 4) is 5.69 Å². The summed E-state index contributed by atoms with van der Waals surface area (Å²) < 4.78 is 3.55. The number of nitrogens with zero attached hydrogens (tertiary/aromatic N) is 6. The zero-order chi connectivity index (χ0) is 22.0. The molecule has 0 fully saturated rings. The molecule has 4 rings (SSSR count). The summed E-state index contributed by atoms with van der Waals surface area (Å²) in [6.45, 7) is 4.97.